The van der Waals surface area contributed by atoms with Crippen molar-refractivity contribution in [2.75, 3.05) is 11.9 Å². The van der Waals surface area contributed by atoms with E-state index in [2.05, 4.69) is 17.2 Å². The second kappa shape index (κ2) is 6.32. The summed E-state index contributed by atoms with van der Waals surface area (Å²) in [5.41, 5.74) is 0.856. The molecule has 0 bridgehead atoms. The maximum absolute atomic E-state index is 5.28. The second-order valence-corrected chi connectivity index (χ2v) is 3.23. The number of hydrogen-bond acceptors (Lipinski definition) is 3. The third-order valence-corrected chi connectivity index (χ3v) is 1.86. The molecule has 4 heteroatoms. The Balaban J connectivity index is 2.27. The van der Waals surface area contributed by atoms with Crippen LogP contribution >= 0.6 is 12.2 Å². The fraction of sp³-hybridized carbons (Fsp3) is 0.400. The molecule has 0 radical (unpaired) electrons. The largest absolute Gasteiger partial charge is 0.471 e. The van der Waals surface area contributed by atoms with Gasteiger partial charge in [0.1, 0.15) is 0 Å². The Morgan fingerprint density at radius 3 is 3.14 bits per heavy atom. The minimum Gasteiger partial charge on any atom is -0.471 e. The maximum Gasteiger partial charge on any atom is 0.261 e. The smallest absolute Gasteiger partial charge is 0.261 e. The number of anilines is 1. The standard InChI is InChI=1S/C10H14N2OS/c1-2-3-7-13-10(14)12-9-5-4-6-11-8-9/h4-6,8H,2-3,7H2,1H3,(H,12,14). The van der Waals surface area contributed by atoms with Crippen molar-refractivity contribution in [2.24, 2.45) is 0 Å². The normalized spacial score (nSPS) is 9.50. The predicted octanol–water partition coefficient (Wildman–Crippen LogP) is 2.60. The molecular formula is C10H14N2OS. The first kappa shape index (κ1) is 10.9. The van der Waals surface area contributed by atoms with Gasteiger partial charge in [-0.2, -0.15) is 0 Å². The van der Waals surface area contributed by atoms with Gasteiger partial charge in [-0.05, 0) is 30.8 Å². The first-order valence-corrected chi connectivity index (χ1v) is 5.07. The monoisotopic (exact) mass is 210 g/mol. The third kappa shape index (κ3) is 4.18. The molecule has 1 N–H and O–H groups in total. The van der Waals surface area contributed by atoms with Crippen molar-refractivity contribution in [1.82, 2.24) is 4.98 Å². The molecule has 1 aromatic rings. The van der Waals surface area contributed by atoms with Crippen molar-refractivity contribution in [1.29, 1.82) is 0 Å². The molecule has 1 rings (SSSR count). The Kier molecular flexibility index (Phi) is 4.93. The highest BCUT2D eigenvalue weighted by atomic mass is 32.1. The topological polar surface area (TPSA) is 34.1 Å². The van der Waals surface area contributed by atoms with Crippen LogP contribution in [0.4, 0.5) is 5.69 Å². The van der Waals surface area contributed by atoms with Crippen LogP contribution in [-0.4, -0.2) is 16.8 Å². The second-order valence-electron chi connectivity index (χ2n) is 2.86. The molecule has 76 valence electrons. The van der Waals surface area contributed by atoms with E-state index in [1.54, 1.807) is 12.4 Å². The lowest BCUT2D eigenvalue weighted by Crippen LogP contribution is -2.13. The number of pyridine rings is 1. The zero-order valence-corrected chi connectivity index (χ0v) is 9.01. The van der Waals surface area contributed by atoms with E-state index in [1.165, 1.54) is 0 Å². The number of nitrogens with one attached hydrogen (secondary N) is 1. The molecule has 0 aromatic carbocycles. The number of ether oxygens (including phenoxy) is 1. The highest BCUT2D eigenvalue weighted by molar-refractivity contribution is 7.80. The minimum atomic E-state index is 0.409. The van der Waals surface area contributed by atoms with E-state index in [9.17, 15) is 0 Å². The SMILES string of the molecule is CCCCOC(=S)Nc1cccnc1. The summed E-state index contributed by atoms with van der Waals surface area (Å²) in [6.07, 6.45) is 5.55. The molecule has 0 unspecified atom stereocenters. The Bertz CT molecular complexity index is 277. The first-order valence-electron chi connectivity index (χ1n) is 4.66. The number of rotatable bonds is 4. The van der Waals surface area contributed by atoms with Crippen molar-refractivity contribution in [3.63, 3.8) is 0 Å². The lowest BCUT2D eigenvalue weighted by Gasteiger charge is -2.08. The Morgan fingerprint density at radius 2 is 2.50 bits per heavy atom. The average molecular weight is 210 g/mol. The van der Waals surface area contributed by atoms with E-state index in [0.717, 1.165) is 18.5 Å². The minimum absolute atomic E-state index is 0.409. The van der Waals surface area contributed by atoms with Crippen LogP contribution in [0.3, 0.4) is 0 Å². The van der Waals surface area contributed by atoms with Crippen LogP contribution in [0.15, 0.2) is 24.5 Å². The fourth-order valence-electron chi connectivity index (χ4n) is 0.900. The average Bonchev–Trinajstić information content (AvgIpc) is 2.20. The molecular weight excluding hydrogens is 196 g/mol. The molecule has 0 aliphatic rings. The number of aromatic nitrogens is 1. The highest BCUT2D eigenvalue weighted by Crippen LogP contribution is 2.03. The zero-order valence-electron chi connectivity index (χ0n) is 8.19. The fourth-order valence-corrected chi connectivity index (χ4v) is 1.10. The van der Waals surface area contributed by atoms with Gasteiger partial charge in [-0.15, -0.1) is 0 Å². The van der Waals surface area contributed by atoms with Gasteiger partial charge in [0.15, 0.2) is 0 Å². The predicted molar refractivity (Wildman–Crippen MR) is 61.3 cm³/mol. The molecule has 0 atom stereocenters. The van der Waals surface area contributed by atoms with E-state index in [4.69, 9.17) is 17.0 Å². The number of thiocarbonyl (C=S) groups is 1. The van der Waals surface area contributed by atoms with Crippen LogP contribution in [0.25, 0.3) is 0 Å². The lowest BCUT2D eigenvalue weighted by atomic mass is 10.4. The van der Waals surface area contributed by atoms with Gasteiger partial charge in [0.25, 0.3) is 5.17 Å². The van der Waals surface area contributed by atoms with Crippen molar-refractivity contribution in [3.05, 3.63) is 24.5 Å². The Morgan fingerprint density at radius 1 is 1.64 bits per heavy atom. The van der Waals surface area contributed by atoms with Gasteiger partial charge in [0, 0.05) is 6.20 Å². The van der Waals surface area contributed by atoms with Gasteiger partial charge in [0.2, 0.25) is 0 Å². The third-order valence-electron chi connectivity index (χ3n) is 1.64. The number of hydrogen-bond donors (Lipinski definition) is 1. The molecule has 0 spiro atoms. The van der Waals surface area contributed by atoms with E-state index < -0.39 is 0 Å². The van der Waals surface area contributed by atoms with Gasteiger partial charge >= 0.3 is 0 Å². The Hall–Kier alpha value is -1.16. The summed E-state index contributed by atoms with van der Waals surface area (Å²) in [5.74, 6) is 0. The molecule has 3 nitrogen and oxygen atoms in total. The van der Waals surface area contributed by atoms with Crippen molar-refractivity contribution < 1.29 is 4.74 Å². The molecule has 0 saturated heterocycles. The summed E-state index contributed by atoms with van der Waals surface area (Å²) >= 11 is 4.99. The van der Waals surface area contributed by atoms with Gasteiger partial charge in [-0.1, -0.05) is 13.3 Å². The molecule has 0 saturated carbocycles. The molecule has 1 heterocycles. The maximum atomic E-state index is 5.28. The lowest BCUT2D eigenvalue weighted by molar-refractivity contribution is 0.304. The van der Waals surface area contributed by atoms with E-state index in [0.29, 0.717) is 11.8 Å². The number of unbranched alkanes of at least 4 members (excludes halogenated alkanes) is 1. The number of nitrogens with zero attached hydrogens (tertiary/aromatic N) is 1. The summed E-state index contributed by atoms with van der Waals surface area (Å²) in [4.78, 5) is 3.96. The van der Waals surface area contributed by atoms with Crippen LogP contribution in [0.1, 0.15) is 19.8 Å². The highest BCUT2D eigenvalue weighted by Gasteiger charge is 1.97. The van der Waals surface area contributed by atoms with Crippen LogP contribution < -0.4 is 5.32 Å². The molecule has 1 aromatic heterocycles. The van der Waals surface area contributed by atoms with Gasteiger partial charge in [-0.25, -0.2) is 0 Å². The summed E-state index contributed by atoms with van der Waals surface area (Å²) < 4.78 is 5.28. The van der Waals surface area contributed by atoms with E-state index in [-0.39, 0.29) is 0 Å². The van der Waals surface area contributed by atoms with E-state index >= 15 is 0 Å². The first-order chi connectivity index (χ1) is 6.83. The summed E-state index contributed by atoms with van der Waals surface area (Å²) in [6, 6.07) is 3.74. The van der Waals surface area contributed by atoms with Crippen LogP contribution in [0.2, 0.25) is 0 Å². The van der Waals surface area contributed by atoms with Crippen molar-refractivity contribution >= 4 is 23.1 Å². The summed E-state index contributed by atoms with van der Waals surface area (Å²) in [6.45, 7) is 2.78. The molecule has 0 amide bonds. The van der Waals surface area contributed by atoms with Crippen LogP contribution in [-0.2, 0) is 4.74 Å². The van der Waals surface area contributed by atoms with Crippen LogP contribution in [0.5, 0.6) is 0 Å². The van der Waals surface area contributed by atoms with Crippen molar-refractivity contribution in [2.45, 2.75) is 19.8 Å². The van der Waals surface area contributed by atoms with Gasteiger partial charge < -0.3 is 10.1 Å². The molecule has 0 fully saturated rings. The van der Waals surface area contributed by atoms with Gasteiger partial charge in [0.05, 0.1) is 18.5 Å². The summed E-state index contributed by atoms with van der Waals surface area (Å²) in [5, 5.41) is 3.36. The molecule has 0 aliphatic heterocycles. The zero-order chi connectivity index (χ0) is 10.2. The van der Waals surface area contributed by atoms with Crippen LogP contribution in [0, 0.1) is 0 Å². The summed E-state index contributed by atoms with van der Waals surface area (Å²) in [7, 11) is 0. The van der Waals surface area contributed by atoms with Gasteiger partial charge in [-0.3, -0.25) is 4.98 Å². The molecule has 14 heavy (non-hydrogen) atoms. The van der Waals surface area contributed by atoms with Crippen molar-refractivity contribution in [3.8, 4) is 0 Å². The van der Waals surface area contributed by atoms with E-state index in [1.807, 2.05) is 12.1 Å². The quantitative estimate of drug-likeness (QED) is 0.612. The molecule has 0 aliphatic carbocycles. The Labute approximate surface area is 89.5 Å².